The van der Waals surface area contributed by atoms with Gasteiger partial charge in [0.2, 0.25) is 0 Å². The second-order valence-electron chi connectivity index (χ2n) is 5.36. The molecule has 90 valence electrons. The van der Waals surface area contributed by atoms with Crippen molar-refractivity contribution in [3.63, 3.8) is 0 Å². The van der Waals surface area contributed by atoms with E-state index in [4.69, 9.17) is 0 Å². The van der Waals surface area contributed by atoms with Crippen molar-refractivity contribution in [3.8, 4) is 0 Å². The Labute approximate surface area is 104 Å². The summed E-state index contributed by atoms with van der Waals surface area (Å²) < 4.78 is 2.11. The molecule has 0 aliphatic heterocycles. The summed E-state index contributed by atoms with van der Waals surface area (Å²) in [4.78, 5) is 6.79. The third-order valence-corrected chi connectivity index (χ3v) is 5.43. The molecule has 4 rings (SSSR count). The number of thiazole rings is 1. The highest BCUT2D eigenvalue weighted by Gasteiger charge is 2.36. The minimum absolute atomic E-state index is 0.276. The lowest BCUT2D eigenvalue weighted by molar-refractivity contribution is 0.0575. The minimum atomic E-state index is -0.276. The largest absolute Gasteiger partial charge is 0.387 e. The molecule has 0 amide bonds. The molecule has 17 heavy (non-hydrogen) atoms. The highest BCUT2D eigenvalue weighted by Crippen LogP contribution is 2.49. The van der Waals surface area contributed by atoms with Gasteiger partial charge in [-0.2, -0.15) is 0 Å². The molecule has 1 atom stereocenters. The van der Waals surface area contributed by atoms with E-state index in [1.54, 1.807) is 0 Å². The van der Waals surface area contributed by atoms with Gasteiger partial charge >= 0.3 is 0 Å². The Kier molecular flexibility index (Phi) is 2.11. The third-order valence-electron chi connectivity index (χ3n) is 4.16. The molecule has 1 N–H and O–H groups in total. The molecule has 2 aromatic rings. The van der Waals surface area contributed by atoms with Crippen molar-refractivity contribution in [3.05, 3.63) is 23.1 Å². The number of rotatable bonds is 3. The van der Waals surface area contributed by atoms with E-state index in [2.05, 4.69) is 9.38 Å². The smallest absolute Gasteiger partial charge is 0.120 e. The van der Waals surface area contributed by atoms with Gasteiger partial charge < -0.3 is 5.11 Å². The Morgan fingerprint density at radius 2 is 2.18 bits per heavy atom. The van der Waals surface area contributed by atoms with E-state index < -0.39 is 0 Å². The Morgan fingerprint density at radius 1 is 1.35 bits per heavy atom. The van der Waals surface area contributed by atoms with Crippen LogP contribution < -0.4 is 0 Å². The molecule has 0 spiro atoms. The van der Waals surface area contributed by atoms with Crippen LogP contribution in [-0.2, 0) is 0 Å². The fourth-order valence-electron chi connectivity index (χ4n) is 2.73. The summed E-state index contributed by atoms with van der Waals surface area (Å²) in [5.41, 5.74) is 1.15. The van der Waals surface area contributed by atoms with Crippen molar-refractivity contribution >= 4 is 16.2 Å². The van der Waals surface area contributed by atoms with E-state index in [1.165, 1.54) is 41.8 Å². The monoisotopic (exact) mass is 248 g/mol. The molecule has 0 aromatic carbocycles. The first-order valence-corrected chi connectivity index (χ1v) is 7.29. The van der Waals surface area contributed by atoms with Crippen LogP contribution in [0.2, 0.25) is 0 Å². The van der Waals surface area contributed by atoms with Crippen molar-refractivity contribution in [1.82, 2.24) is 9.38 Å². The average Bonchev–Trinajstić information content (AvgIpc) is 2.85. The number of aliphatic hydroxyl groups excluding tert-OH is 1. The number of aliphatic hydroxyl groups is 1. The second kappa shape index (κ2) is 3.56. The SMILES string of the molecule is OC(c1c(C2CC2)sc2cncn12)C1CCC1. The normalized spacial score (nSPS) is 22.9. The lowest BCUT2D eigenvalue weighted by Gasteiger charge is -2.30. The van der Waals surface area contributed by atoms with Crippen LogP contribution in [0.5, 0.6) is 0 Å². The van der Waals surface area contributed by atoms with Gasteiger partial charge in [-0.1, -0.05) is 6.42 Å². The van der Waals surface area contributed by atoms with Gasteiger partial charge in [0, 0.05) is 4.88 Å². The number of fused-ring (bicyclic) bond motifs is 1. The maximum Gasteiger partial charge on any atom is 0.120 e. The van der Waals surface area contributed by atoms with Crippen LogP contribution in [0.3, 0.4) is 0 Å². The van der Waals surface area contributed by atoms with Crippen LogP contribution in [-0.4, -0.2) is 14.5 Å². The van der Waals surface area contributed by atoms with E-state index in [-0.39, 0.29) is 6.10 Å². The zero-order chi connectivity index (χ0) is 11.4. The standard InChI is InChI=1S/C13H16N2OS/c16-12(8-2-1-3-8)11-13(9-4-5-9)17-10-6-14-7-15(10)11/h6-9,12,16H,1-5H2. The number of nitrogens with zero attached hydrogens (tertiary/aromatic N) is 2. The fourth-order valence-corrected chi connectivity index (χ4v) is 4.04. The summed E-state index contributed by atoms with van der Waals surface area (Å²) in [5, 5.41) is 10.6. The molecule has 0 bridgehead atoms. The van der Waals surface area contributed by atoms with E-state index in [1.807, 2.05) is 23.9 Å². The highest BCUT2D eigenvalue weighted by molar-refractivity contribution is 7.17. The van der Waals surface area contributed by atoms with Gasteiger partial charge in [0.25, 0.3) is 0 Å². The van der Waals surface area contributed by atoms with Gasteiger partial charge in [-0.25, -0.2) is 4.98 Å². The lowest BCUT2D eigenvalue weighted by atomic mass is 9.79. The molecule has 2 saturated carbocycles. The molecule has 2 aliphatic carbocycles. The second-order valence-corrected chi connectivity index (χ2v) is 6.43. The number of hydrogen-bond donors (Lipinski definition) is 1. The summed E-state index contributed by atoms with van der Waals surface area (Å²) >= 11 is 1.82. The summed E-state index contributed by atoms with van der Waals surface area (Å²) in [6.07, 6.45) is 9.71. The Balaban J connectivity index is 1.83. The molecule has 0 saturated heterocycles. The van der Waals surface area contributed by atoms with Gasteiger partial charge in [0.05, 0.1) is 18.0 Å². The van der Waals surface area contributed by atoms with E-state index >= 15 is 0 Å². The Bertz CT molecular complexity index is 551. The maximum atomic E-state index is 10.6. The molecule has 0 radical (unpaired) electrons. The van der Waals surface area contributed by atoms with Crippen molar-refractivity contribution in [2.75, 3.05) is 0 Å². The summed E-state index contributed by atoms with van der Waals surface area (Å²) in [7, 11) is 0. The van der Waals surface area contributed by atoms with Crippen LogP contribution in [0.25, 0.3) is 4.83 Å². The number of aromatic nitrogens is 2. The summed E-state index contributed by atoms with van der Waals surface area (Å²) in [6, 6.07) is 0. The fraction of sp³-hybridized carbons (Fsp3) is 0.615. The molecule has 3 nitrogen and oxygen atoms in total. The van der Waals surface area contributed by atoms with Crippen LogP contribution in [0.4, 0.5) is 0 Å². The highest BCUT2D eigenvalue weighted by atomic mass is 32.1. The molecular weight excluding hydrogens is 232 g/mol. The zero-order valence-corrected chi connectivity index (χ0v) is 10.5. The molecule has 2 aliphatic rings. The average molecular weight is 248 g/mol. The molecule has 4 heteroatoms. The molecule has 2 aromatic heterocycles. The van der Waals surface area contributed by atoms with Gasteiger partial charge in [0.15, 0.2) is 0 Å². The van der Waals surface area contributed by atoms with Crippen LogP contribution in [0.1, 0.15) is 54.7 Å². The first kappa shape index (κ1) is 10.1. The van der Waals surface area contributed by atoms with Crippen molar-refractivity contribution in [2.45, 2.75) is 44.1 Å². The number of imidazole rings is 1. The lowest BCUT2D eigenvalue weighted by Crippen LogP contribution is -2.21. The van der Waals surface area contributed by atoms with Gasteiger partial charge in [-0.05, 0) is 37.5 Å². The van der Waals surface area contributed by atoms with Crippen LogP contribution in [0, 0.1) is 5.92 Å². The van der Waals surface area contributed by atoms with E-state index in [0.717, 1.165) is 5.69 Å². The Morgan fingerprint density at radius 3 is 2.82 bits per heavy atom. The number of hydrogen-bond acceptors (Lipinski definition) is 3. The quantitative estimate of drug-likeness (QED) is 0.906. The van der Waals surface area contributed by atoms with E-state index in [0.29, 0.717) is 11.8 Å². The first-order valence-electron chi connectivity index (χ1n) is 6.47. The Hall–Kier alpha value is -0.870. The zero-order valence-electron chi connectivity index (χ0n) is 9.67. The van der Waals surface area contributed by atoms with Crippen LogP contribution in [0.15, 0.2) is 12.5 Å². The molecule has 2 heterocycles. The minimum Gasteiger partial charge on any atom is -0.387 e. The van der Waals surface area contributed by atoms with Crippen LogP contribution >= 0.6 is 11.3 Å². The van der Waals surface area contributed by atoms with E-state index in [9.17, 15) is 5.11 Å². The summed E-state index contributed by atoms with van der Waals surface area (Å²) in [5.74, 6) is 1.19. The predicted octanol–water partition coefficient (Wildman–Crippen LogP) is 3.11. The van der Waals surface area contributed by atoms with Gasteiger partial charge in [0.1, 0.15) is 11.2 Å². The van der Waals surface area contributed by atoms with Gasteiger partial charge in [-0.3, -0.25) is 4.40 Å². The van der Waals surface area contributed by atoms with Crippen molar-refractivity contribution < 1.29 is 5.11 Å². The molecule has 1 unspecified atom stereocenters. The van der Waals surface area contributed by atoms with Crippen molar-refractivity contribution in [1.29, 1.82) is 0 Å². The first-order chi connectivity index (χ1) is 8.34. The predicted molar refractivity (Wildman–Crippen MR) is 67.3 cm³/mol. The summed E-state index contributed by atoms with van der Waals surface area (Å²) in [6.45, 7) is 0. The molecule has 2 fully saturated rings. The van der Waals surface area contributed by atoms with Crippen molar-refractivity contribution in [2.24, 2.45) is 5.92 Å². The van der Waals surface area contributed by atoms with Gasteiger partial charge in [-0.15, -0.1) is 11.3 Å². The maximum absolute atomic E-state index is 10.6. The topological polar surface area (TPSA) is 37.5 Å². The third kappa shape index (κ3) is 1.47. The molecular formula is C13H16N2OS.